The highest BCUT2D eigenvalue weighted by molar-refractivity contribution is 6.09. The second-order valence-corrected chi connectivity index (χ2v) is 6.44. The second-order valence-electron chi connectivity index (χ2n) is 6.44. The standard InChI is InChI=1S/C20H15F3N4O/c1-11-16-17(14-5-3-4-6-15(14)25-19(16)27(2)26-11)24-13-9-7-12(8-10-13)18(28)20(21,22)23/h3-10H,1-2H3,(H,24,25). The van der Waals surface area contributed by atoms with Crippen molar-refractivity contribution in [3.63, 3.8) is 0 Å². The predicted octanol–water partition coefficient (Wildman–Crippen LogP) is 4.92. The maximum Gasteiger partial charge on any atom is 0.454 e. The van der Waals surface area contributed by atoms with Crippen LogP contribution in [0.5, 0.6) is 0 Å². The fourth-order valence-electron chi connectivity index (χ4n) is 3.24. The number of halogens is 3. The van der Waals surface area contributed by atoms with Crippen molar-refractivity contribution in [2.45, 2.75) is 13.1 Å². The van der Waals surface area contributed by atoms with Crippen molar-refractivity contribution in [3.05, 3.63) is 59.8 Å². The lowest BCUT2D eigenvalue weighted by Gasteiger charge is -2.13. The molecule has 0 unspecified atom stereocenters. The SMILES string of the molecule is Cc1nn(C)c2nc3ccccc3c(Nc3ccc(C(=O)C(F)(F)F)cc3)c12. The number of fused-ring (bicyclic) bond motifs is 2. The first-order valence-corrected chi connectivity index (χ1v) is 8.46. The Balaban J connectivity index is 1.82. The number of aromatic nitrogens is 3. The van der Waals surface area contributed by atoms with Crippen LogP contribution in [0.15, 0.2) is 48.5 Å². The van der Waals surface area contributed by atoms with Crippen molar-refractivity contribution in [1.29, 1.82) is 0 Å². The maximum atomic E-state index is 12.6. The van der Waals surface area contributed by atoms with Gasteiger partial charge in [0.05, 0.1) is 22.3 Å². The van der Waals surface area contributed by atoms with E-state index in [2.05, 4.69) is 15.4 Å². The number of nitrogens with one attached hydrogen (secondary N) is 1. The molecule has 8 heteroatoms. The smallest absolute Gasteiger partial charge is 0.354 e. The van der Waals surface area contributed by atoms with Gasteiger partial charge in [0.15, 0.2) is 5.65 Å². The Bertz CT molecular complexity index is 1210. The molecule has 2 aromatic carbocycles. The third-order valence-electron chi connectivity index (χ3n) is 4.52. The molecule has 1 N–H and O–H groups in total. The number of ketones is 1. The lowest BCUT2D eigenvalue weighted by Crippen LogP contribution is -2.22. The minimum absolute atomic E-state index is 0.402. The topological polar surface area (TPSA) is 59.8 Å². The molecule has 2 aromatic heterocycles. The van der Waals surface area contributed by atoms with Crippen LogP contribution in [0.25, 0.3) is 21.9 Å². The Morgan fingerprint density at radius 2 is 1.75 bits per heavy atom. The fourth-order valence-corrected chi connectivity index (χ4v) is 3.24. The largest absolute Gasteiger partial charge is 0.454 e. The Morgan fingerprint density at radius 1 is 1.07 bits per heavy atom. The van der Waals surface area contributed by atoms with Gasteiger partial charge in [0.2, 0.25) is 0 Å². The van der Waals surface area contributed by atoms with Crippen LogP contribution in [0.3, 0.4) is 0 Å². The Labute approximate surface area is 157 Å². The molecule has 0 spiro atoms. The average Bonchev–Trinajstić information content (AvgIpc) is 2.94. The van der Waals surface area contributed by atoms with Crippen LogP contribution in [0.1, 0.15) is 16.1 Å². The van der Waals surface area contributed by atoms with Gasteiger partial charge in [-0.3, -0.25) is 9.48 Å². The van der Waals surface area contributed by atoms with Crippen LogP contribution in [0.2, 0.25) is 0 Å². The molecule has 0 radical (unpaired) electrons. The quantitative estimate of drug-likeness (QED) is 0.510. The zero-order valence-corrected chi connectivity index (χ0v) is 15.0. The molecule has 0 saturated carbocycles. The van der Waals surface area contributed by atoms with E-state index in [9.17, 15) is 18.0 Å². The molecule has 0 aliphatic carbocycles. The van der Waals surface area contributed by atoms with Crippen LogP contribution >= 0.6 is 0 Å². The number of aryl methyl sites for hydroxylation is 2. The van der Waals surface area contributed by atoms with E-state index in [-0.39, 0.29) is 0 Å². The molecular formula is C20H15F3N4O. The highest BCUT2D eigenvalue weighted by Gasteiger charge is 2.39. The number of carbonyl (C=O) groups is 1. The number of benzene rings is 2. The predicted molar refractivity (Wildman–Crippen MR) is 101 cm³/mol. The minimum Gasteiger partial charge on any atom is -0.354 e. The van der Waals surface area contributed by atoms with Gasteiger partial charge in [-0.05, 0) is 37.3 Å². The maximum absolute atomic E-state index is 12.6. The number of Topliss-reactive ketones (excluding diaryl/α,β-unsaturated/α-hetero) is 1. The molecule has 0 aliphatic rings. The van der Waals surface area contributed by atoms with E-state index < -0.39 is 17.5 Å². The molecule has 142 valence electrons. The van der Waals surface area contributed by atoms with E-state index in [1.165, 1.54) is 12.1 Å². The van der Waals surface area contributed by atoms with Gasteiger partial charge in [-0.25, -0.2) is 4.98 Å². The Morgan fingerprint density at radius 3 is 2.43 bits per heavy atom. The van der Waals surface area contributed by atoms with Gasteiger partial charge < -0.3 is 5.32 Å². The molecule has 0 amide bonds. The zero-order valence-electron chi connectivity index (χ0n) is 15.0. The van der Waals surface area contributed by atoms with Crippen LogP contribution in [-0.2, 0) is 7.05 Å². The molecule has 0 atom stereocenters. The number of carbonyl (C=O) groups excluding carboxylic acids is 1. The summed E-state index contributed by atoms with van der Waals surface area (Å²) in [6.07, 6.45) is -4.89. The van der Waals surface area contributed by atoms with Gasteiger partial charge in [0.25, 0.3) is 5.78 Å². The monoisotopic (exact) mass is 384 g/mol. The Hall–Kier alpha value is -3.42. The molecule has 0 bridgehead atoms. The molecule has 0 saturated heterocycles. The summed E-state index contributed by atoms with van der Waals surface area (Å²) in [5.41, 5.74) is 3.16. The van der Waals surface area contributed by atoms with Gasteiger partial charge in [-0.15, -0.1) is 0 Å². The summed E-state index contributed by atoms with van der Waals surface area (Å²) in [5.74, 6) is -1.86. The zero-order chi connectivity index (χ0) is 20.1. The molecule has 5 nitrogen and oxygen atoms in total. The number of hydrogen-bond acceptors (Lipinski definition) is 4. The molecule has 0 fully saturated rings. The first kappa shape index (κ1) is 18.0. The van der Waals surface area contributed by atoms with E-state index in [1.54, 1.807) is 11.7 Å². The Kier molecular flexibility index (Phi) is 4.06. The number of nitrogens with zero attached hydrogens (tertiary/aromatic N) is 3. The highest BCUT2D eigenvalue weighted by Crippen LogP contribution is 2.35. The molecule has 0 aliphatic heterocycles. The number of hydrogen-bond donors (Lipinski definition) is 1. The highest BCUT2D eigenvalue weighted by atomic mass is 19.4. The van der Waals surface area contributed by atoms with Crippen LogP contribution in [-0.4, -0.2) is 26.7 Å². The van der Waals surface area contributed by atoms with Gasteiger partial charge in [-0.2, -0.15) is 18.3 Å². The molecule has 4 aromatic rings. The number of anilines is 2. The van der Waals surface area contributed by atoms with Crippen molar-refractivity contribution in [1.82, 2.24) is 14.8 Å². The van der Waals surface area contributed by atoms with Gasteiger partial charge in [0, 0.05) is 23.7 Å². The van der Waals surface area contributed by atoms with E-state index in [0.29, 0.717) is 11.3 Å². The number of rotatable bonds is 3. The summed E-state index contributed by atoms with van der Waals surface area (Å²) in [7, 11) is 1.80. The summed E-state index contributed by atoms with van der Waals surface area (Å²) in [6.45, 7) is 1.87. The average molecular weight is 384 g/mol. The summed E-state index contributed by atoms with van der Waals surface area (Å²) >= 11 is 0. The number of para-hydroxylation sites is 1. The van der Waals surface area contributed by atoms with Crippen LogP contribution in [0.4, 0.5) is 24.5 Å². The first-order chi connectivity index (χ1) is 13.3. The van der Waals surface area contributed by atoms with Crippen molar-refractivity contribution >= 4 is 39.1 Å². The normalized spacial score (nSPS) is 11.9. The van der Waals surface area contributed by atoms with Crippen molar-refractivity contribution in [2.75, 3.05) is 5.32 Å². The van der Waals surface area contributed by atoms with E-state index >= 15 is 0 Å². The van der Waals surface area contributed by atoms with E-state index in [1.807, 2.05) is 31.2 Å². The third-order valence-corrected chi connectivity index (χ3v) is 4.52. The molecule has 28 heavy (non-hydrogen) atoms. The molecular weight excluding hydrogens is 369 g/mol. The summed E-state index contributed by atoms with van der Waals surface area (Å²) in [6, 6.07) is 12.8. The second kappa shape index (κ2) is 6.33. The van der Waals surface area contributed by atoms with Crippen molar-refractivity contribution < 1.29 is 18.0 Å². The lowest BCUT2D eigenvalue weighted by atomic mass is 10.1. The van der Waals surface area contributed by atoms with Crippen molar-refractivity contribution in [2.24, 2.45) is 7.05 Å². The van der Waals surface area contributed by atoms with E-state index in [0.717, 1.165) is 39.8 Å². The van der Waals surface area contributed by atoms with E-state index in [4.69, 9.17) is 0 Å². The summed E-state index contributed by atoms with van der Waals surface area (Å²) in [5, 5.41) is 9.38. The molecule has 4 rings (SSSR count). The lowest BCUT2D eigenvalue weighted by molar-refractivity contribution is -0.0885. The van der Waals surface area contributed by atoms with Crippen molar-refractivity contribution in [3.8, 4) is 0 Å². The fraction of sp³-hybridized carbons (Fsp3) is 0.150. The van der Waals surface area contributed by atoms with Crippen LogP contribution in [0, 0.1) is 6.92 Å². The molecule has 2 heterocycles. The first-order valence-electron chi connectivity index (χ1n) is 8.46. The summed E-state index contributed by atoms with van der Waals surface area (Å²) < 4.78 is 39.5. The third kappa shape index (κ3) is 2.96. The van der Waals surface area contributed by atoms with Gasteiger partial charge >= 0.3 is 6.18 Å². The number of alkyl halides is 3. The number of pyridine rings is 1. The van der Waals surface area contributed by atoms with Gasteiger partial charge in [0.1, 0.15) is 0 Å². The summed E-state index contributed by atoms with van der Waals surface area (Å²) in [4.78, 5) is 16.0. The van der Waals surface area contributed by atoms with Gasteiger partial charge in [-0.1, -0.05) is 18.2 Å². The van der Waals surface area contributed by atoms with Crippen LogP contribution < -0.4 is 5.32 Å². The minimum atomic E-state index is -4.89.